The van der Waals surface area contributed by atoms with Crippen LogP contribution in [0.2, 0.25) is 0 Å². The van der Waals surface area contributed by atoms with Crippen molar-refractivity contribution in [3.8, 4) is 0 Å². The van der Waals surface area contributed by atoms with Gasteiger partial charge in [-0.15, -0.1) is 0 Å². The molecule has 1 aliphatic heterocycles. The van der Waals surface area contributed by atoms with Crippen molar-refractivity contribution in [1.82, 2.24) is 10.2 Å². The minimum atomic E-state index is -2.63. The normalized spacial score (nSPS) is 24.5. The van der Waals surface area contributed by atoms with Gasteiger partial charge in [-0.3, -0.25) is 4.90 Å². The summed E-state index contributed by atoms with van der Waals surface area (Å²) in [6.07, 6.45) is 0.436. The molecule has 13 heavy (non-hydrogen) atoms. The van der Waals surface area contributed by atoms with E-state index in [1.807, 2.05) is 7.05 Å². The molecule has 78 valence electrons. The number of hydrogen-bond acceptors (Lipinski definition) is 3. The predicted octanol–water partition coefficient (Wildman–Crippen LogP) is 0.519. The van der Waals surface area contributed by atoms with Gasteiger partial charge in [0.15, 0.2) is 0 Å². The van der Waals surface area contributed by atoms with Gasteiger partial charge in [0.05, 0.1) is 6.10 Å². The van der Waals surface area contributed by atoms with Gasteiger partial charge in [-0.25, -0.2) is 0 Å². The number of hydrogen-bond donors (Lipinski definition) is 1. The molecule has 1 N–H and O–H groups in total. The van der Waals surface area contributed by atoms with E-state index >= 15 is 0 Å². The first-order chi connectivity index (χ1) is 6.22. The fraction of sp³-hybridized carbons (Fsp3) is 1.00. The van der Waals surface area contributed by atoms with Crippen LogP contribution in [0.15, 0.2) is 0 Å². The Morgan fingerprint density at radius 1 is 1.62 bits per heavy atom. The van der Waals surface area contributed by atoms with Gasteiger partial charge in [-0.2, -0.15) is 8.78 Å². The summed E-state index contributed by atoms with van der Waals surface area (Å²) in [6, 6.07) is 0. The van der Waals surface area contributed by atoms with Crippen molar-refractivity contribution < 1.29 is 13.5 Å². The fourth-order valence-corrected chi connectivity index (χ4v) is 1.53. The van der Waals surface area contributed by atoms with E-state index in [1.165, 1.54) is 0 Å². The lowest BCUT2D eigenvalue weighted by Crippen LogP contribution is -2.30. The number of rotatable bonds is 5. The SMILES string of the molecule is CNCCN1CCC(OC(F)F)C1. The molecule has 0 saturated carbocycles. The van der Waals surface area contributed by atoms with Crippen LogP contribution in [-0.2, 0) is 4.74 Å². The van der Waals surface area contributed by atoms with Crippen LogP contribution in [0, 0.1) is 0 Å². The monoisotopic (exact) mass is 194 g/mol. The molecule has 0 radical (unpaired) electrons. The molecule has 1 heterocycles. The van der Waals surface area contributed by atoms with Gasteiger partial charge >= 0.3 is 6.61 Å². The standard InChI is InChI=1S/C8H16F2N2O/c1-11-3-5-12-4-2-7(6-12)13-8(9)10/h7-8,11H,2-6H2,1H3. The van der Waals surface area contributed by atoms with Crippen LogP contribution in [0.1, 0.15) is 6.42 Å². The zero-order chi connectivity index (χ0) is 9.68. The number of nitrogens with one attached hydrogen (secondary N) is 1. The lowest BCUT2D eigenvalue weighted by molar-refractivity contribution is -0.158. The summed E-state index contributed by atoms with van der Waals surface area (Å²) < 4.78 is 28.1. The number of ether oxygens (including phenoxy) is 1. The Labute approximate surface area is 77.0 Å². The van der Waals surface area contributed by atoms with Crippen molar-refractivity contribution in [3.05, 3.63) is 0 Å². The van der Waals surface area contributed by atoms with Crippen LogP contribution in [-0.4, -0.2) is 50.8 Å². The molecule has 1 fully saturated rings. The average molecular weight is 194 g/mol. The van der Waals surface area contributed by atoms with Crippen LogP contribution in [0.5, 0.6) is 0 Å². The number of nitrogens with zero attached hydrogens (tertiary/aromatic N) is 1. The Kier molecular flexibility index (Phi) is 4.55. The van der Waals surface area contributed by atoms with Gasteiger partial charge in [0, 0.05) is 26.2 Å². The van der Waals surface area contributed by atoms with E-state index in [1.54, 1.807) is 0 Å². The second-order valence-corrected chi connectivity index (χ2v) is 3.21. The third-order valence-electron chi connectivity index (χ3n) is 2.20. The Morgan fingerprint density at radius 3 is 3.00 bits per heavy atom. The van der Waals surface area contributed by atoms with Crippen LogP contribution in [0.4, 0.5) is 8.78 Å². The molecule has 0 spiro atoms. The number of halogens is 2. The molecule has 0 aromatic rings. The second-order valence-electron chi connectivity index (χ2n) is 3.21. The average Bonchev–Trinajstić information content (AvgIpc) is 2.48. The van der Waals surface area contributed by atoms with Crippen molar-refractivity contribution >= 4 is 0 Å². The van der Waals surface area contributed by atoms with Crippen molar-refractivity contribution in [3.63, 3.8) is 0 Å². The zero-order valence-corrected chi connectivity index (χ0v) is 7.80. The molecular weight excluding hydrogens is 178 g/mol. The molecule has 0 bridgehead atoms. The van der Waals surface area contributed by atoms with E-state index in [2.05, 4.69) is 15.0 Å². The largest absolute Gasteiger partial charge is 0.345 e. The molecule has 1 atom stereocenters. The summed E-state index contributed by atoms with van der Waals surface area (Å²) in [5.41, 5.74) is 0. The van der Waals surface area contributed by atoms with Gasteiger partial charge < -0.3 is 10.1 Å². The Hall–Kier alpha value is -0.260. The van der Waals surface area contributed by atoms with Gasteiger partial charge in [0.2, 0.25) is 0 Å². The third kappa shape index (κ3) is 3.97. The minimum absolute atomic E-state index is 0.281. The highest BCUT2D eigenvalue weighted by atomic mass is 19.3. The van der Waals surface area contributed by atoms with Crippen molar-refractivity contribution in [2.75, 3.05) is 33.2 Å². The smallest absolute Gasteiger partial charge is 0.318 e. The fourth-order valence-electron chi connectivity index (χ4n) is 1.53. The molecule has 1 aliphatic rings. The highest BCUT2D eigenvalue weighted by Crippen LogP contribution is 2.14. The lowest BCUT2D eigenvalue weighted by atomic mass is 10.3. The molecule has 0 aromatic carbocycles. The molecular formula is C8H16F2N2O. The first kappa shape index (κ1) is 10.8. The quantitative estimate of drug-likeness (QED) is 0.690. The van der Waals surface area contributed by atoms with E-state index in [9.17, 15) is 8.78 Å². The number of likely N-dealkylation sites (tertiary alicyclic amines) is 1. The summed E-state index contributed by atoms with van der Waals surface area (Å²) in [5.74, 6) is 0. The van der Waals surface area contributed by atoms with Gasteiger partial charge in [-0.1, -0.05) is 0 Å². The zero-order valence-electron chi connectivity index (χ0n) is 7.80. The van der Waals surface area contributed by atoms with Gasteiger partial charge in [0.1, 0.15) is 0 Å². The highest BCUT2D eigenvalue weighted by molar-refractivity contribution is 4.76. The maximum Gasteiger partial charge on any atom is 0.345 e. The minimum Gasteiger partial charge on any atom is -0.318 e. The van der Waals surface area contributed by atoms with Gasteiger partial charge in [0.25, 0.3) is 0 Å². The topological polar surface area (TPSA) is 24.5 Å². The summed E-state index contributed by atoms with van der Waals surface area (Å²) >= 11 is 0. The van der Waals surface area contributed by atoms with E-state index < -0.39 is 6.61 Å². The van der Waals surface area contributed by atoms with E-state index in [-0.39, 0.29) is 6.10 Å². The first-order valence-electron chi connectivity index (χ1n) is 4.53. The van der Waals surface area contributed by atoms with Crippen LogP contribution in [0.3, 0.4) is 0 Å². The lowest BCUT2D eigenvalue weighted by Gasteiger charge is -2.15. The molecule has 0 aliphatic carbocycles. The molecule has 0 aromatic heterocycles. The number of likely N-dealkylation sites (N-methyl/N-ethyl adjacent to an activating group) is 1. The van der Waals surface area contributed by atoms with Crippen molar-refractivity contribution in [1.29, 1.82) is 0 Å². The maximum atomic E-state index is 11.8. The second kappa shape index (κ2) is 5.47. The van der Waals surface area contributed by atoms with Crippen LogP contribution < -0.4 is 5.32 Å². The van der Waals surface area contributed by atoms with Crippen LogP contribution >= 0.6 is 0 Å². The summed E-state index contributed by atoms with van der Waals surface area (Å²) in [5, 5.41) is 3.02. The Morgan fingerprint density at radius 2 is 2.38 bits per heavy atom. The van der Waals surface area contributed by atoms with E-state index in [4.69, 9.17) is 0 Å². The van der Waals surface area contributed by atoms with Gasteiger partial charge in [-0.05, 0) is 13.5 Å². The first-order valence-corrected chi connectivity index (χ1v) is 4.53. The summed E-state index contributed by atoms with van der Waals surface area (Å²) in [6.45, 7) is 0.653. The van der Waals surface area contributed by atoms with Crippen molar-refractivity contribution in [2.45, 2.75) is 19.1 Å². The molecule has 1 unspecified atom stereocenters. The molecule has 1 saturated heterocycles. The Bertz CT molecular complexity index is 146. The Balaban J connectivity index is 2.12. The maximum absolute atomic E-state index is 11.8. The molecule has 5 heteroatoms. The molecule has 0 amide bonds. The predicted molar refractivity (Wildman–Crippen MR) is 45.9 cm³/mol. The van der Waals surface area contributed by atoms with Crippen LogP contribution in [0.25, 0.3) is 0 Å². The summed E-state index contributed by atoms with van der Waals surface area (Å²) in [7, 11) is 1.88. The number of alkyl halides is 2. The van der Waals surface area contributed by atoms with E-state index in [0.717, 1.165) is 19.6 Å². The summed E-state index contributed by atoms with van der Waals surface area (Å²) in [4.78, 5) is 2.13. The van der Waals surface area contributed by atoms with E-state index in [0.29, 0.717) is 13.0 Å². The molecule has 3 nitrogen and oxygen atoms in total. The van der Waals surface area contributed by atoms with Crippen molar-refractivity contribution in [2.24, 2.45) is 0 Å². The highest BCUT2D eigenvalue weighted by Gasteiger charge is 2.24. The third-order valence-corrected chi connectivity index (χ3v) is 2.20. The molecule has 1 rings (SSSR count).